The molecule has 0 fully saturated rings. The number of hydrogen-bond acceptors (Lipinski definition) is 5. The van der Waals surface area contributed by atoms with Crippen LogP contribution in [0.5, 0.6) is 0 Å². The Balaban J connectivity index is 0.00000289. The van der Waals surface area contributed by atoms with Crippen LogP contribution in [0, 0.1) is 0 Å². The van der Waals surface area contributed by atoms with E-state index in [1.165, 1.54) is 13.0 Å². The number of hydrogen-bond donors (Lipinski definition) is 2. The van der Waals surface area contributed by atoms with Gasteiger partial charge in [0.05, 0.1) is 0 Å². The summed E-state index contributed by atoms with van der Waals surface area (Å²) in [6.45, 7) is 8.76. The highest BCUT2D eigenvalue weighted by Gasteiger charge is 1.98. The molecule has 3 N–H and O–H groups in total. The Morgan fingerprint density at radius 2 is 2.00 bits per heavy atom. The van der Waals surface area contributed by atoms with E-state index in [1.54, 1.807) is 6.20 Å². The maximum atomic E-state index is 5.50. The summed E-state index contributed by atoms with van der Waals surface area (Å²) in [5.41, 5.74) is 5.50. The predicted molar refractivity (Wildman–Crippen MR) is 79.2 cm³/mol. The lowest BCUT2D eigenvalue weighted by molar-refractivity contribution is 0.298. The van der Waals surface area contributed by atoms with Crippen molar-refractivity contribution in [1.82, 2.24) is 14.9 Å². The van der Waals surface area contributed by atoms with Gasteiger partial charge in [0.15, 0.2) is 0 Å². The minimum Gasteiger partial charge on any atom is -0.370 e. The first kappa shape index (κ1) is 16.9. The van der Waals surface area contributed by atoms with Crippen LogP contribution in [0.3, 0.4) is 0 Å². The Morgan fingerprint density at radius 3 is 2.61 bits per heavy atom. The van der Waals surface area contributed by atoms with Crippen molar-refractivity contribution < 1.29 is 0 Å². The third kappa shape index (κ3) is 6.61. The van der Waals surface area contributed by atoms with Gasteiger partial charge < -0.3 is 16.0 Å². The molecule has 0 aliphatic heterocycles. The predicted octanol–water partition coefficient (Wildman–Crippen LogP) is 2.01. The number of nitrogens with one attached hydrogen (secondary N) is 1. The van der Waals surface area contributed by atoms with Crippen LogP contribution < -0.4 is 11.1 Å². The molecule has 1 heterocycles. The summed E-state index contributed by atoms with van der Waals surface area (Å²) in [5, 5.41) is 3.25. The lowest BCUT2D eigenvalue weighted by Gasteiger charge is -2.17. The molecule has 0 saturated carbocycles. The molecule has 0 aliphatic rings. The topological polar surface area (TPSA) is 67.1 Å². The van der Waals surface area contributed by atoms with Gasteiger partial charge in [-0.15, -0.1) is 12.4 Å². The van der Waals surface area contributed by atoms with E-state index in [-0.39, 0.29) is 12.4 Å². The SMILES string of the molecule is CCN(CC)CCCCNc1ccnc(N)n1.Cl. The van der Waals surface area contributed by atoms with Gasteiger partial charge >= 0.3 is 0 Å². The largest absolute Gasteiger partial charge is 0.370 e. The van der Waals surface area contributed by atoms with E-state index in [4.69, 9.17) is 5.73 Å². The number of unbranched alkanes of at least 4 members (excludes halogenated alkanes) is 1. The molecule has 104 valence electrons. The summed E-state index contributed by atoms with van der Waals surface area (Å²) in [6, 6.07) is 1.83. The number of nitrogen functional groups attached to an aromatic ring is 1. The minimum atomic E-state index is 0. The van der Waals surface area contributed by atoms with Crippen molar-refractivity contribution in [3.05, 3.63) is 12.3 Å². The van der Waals surface area contributed by atoms with E-state index in [0.717, 1.165) is 31.9 Å². The minimum absolute atomic E-state index is 0. The molecular formula is C12H24ClN5. The monoisotopic (exact) mass is 273 g/mol. The molecule has 0 atom stereocenters. The number of nitrogens with zero attached hydrogens (tertiary/aromatic N) is 3. The van der Waals surface area contributed by atoms with Crippen molar-refractivity contribution in [2.24, 2.45) is 0 Å². The lowest BCUT2D eigenvalue weighted by atomic mass is 10.3. The van der Waals surface area contributed by atoms with Crippen LogP contribution in [-0.2, 0) is 0 Å². The zero-order valence-electron chi connectivity index (χ0n) is 11.2. The second-order valence-electron chi connectivity index (χ2n) is 3.96. The molecule has 6 heteroatoms. The van der Waals surface area contributed by atoms with Crippen molar-refractivity contribution in [2.45, 2.75) is 26.7 Å². The molecule has 0 aromatic carbocycles. The smallest absolute Gasteiger partial charge is 0.221 e. The Kier molecular flexibility index (Phi) is 9.32. The molecular weight excluding hydrogens is 250 g/mol. The molecule has 0 radical (unpaired) electrons. The molecule has 0 bridgehead atoms. The second-order valence-corrected chi connectivity index (χ2v) is 3.96. The number of rotatable bonds is 8. The van der Waals surface area contributed by atoms with E-state index in [9.17, 15) is 0 Å². The van der Waals surface area contributed by atoms with Gasteiger partial charge in [0.25, 0.3) is 0 Å². The molecule has 0 aliphatic carbocycles. The van der Waals surface area contributed by atoms with Gasteiger partial charge in [-0.1, -0.05) is 13.8 Å². The molecule has 0 amide bonds. The van der Waals surface area contributed by atoms with E-state index in [1.807, 2.05) is 6.07 Å². The molecule has 0 unspecified atom stereocenters. The van der Waals surface area contributed by atoms with Crippen LogP contribution >= 0.6 is 12.4 Å². The van der Waals surface area contributed by atoms with E-state index in [2.05, 4.69) is 34.0 Å². The van der Waals surface area contributed by atoms with E-state index >= 15 is 0 Å². The Morgan fingerprint density at radius 1 is 1.28 bits per heavy atom. The molecule has 0 saturated heterocycles. The molecule has 18 heavy (non-hydrogen) atoms. The number of anilines is 2. The highest BCUT2D eigenvalue weighted by molar-refractivity contribution is 5.85. The molecule has 0 spiro atoms. The summed E-state index contributed by atoms with van der Waals surface area (Å²) in [7, 11) is 0. The zero-order chi connectivity index (χ0) is 12.5. The van der Waals surface area contributed by atoms with Crippen LogP contribution in [0.15, 0.2) is 12.3 Å². The van der Waals surface area contributed by atoms with E-state index < -0.39 is 0 Å². The Bertz CT molecular complexity index is 317. The third-order valence-corrected chi connectivity index (χ3v) is 2.78. The summed E-state index contributed by atoms with van der Waals surface area (Å²) < 4.78 is 0. The van der Waals surface area contributed by atoms with Gasteiger partial charge in [-0.05, 0) is 38.5 Å². The molecule has 1 aromatic rings. The first-order chi connectivity index (χ1) is 8.26. The highest BCUT2D eigenvalue weighted by atomic mass is 35.5. The summed E-state index contributed by atoms with van der Waals surface area (Å²) >= 11 is 0. The Labute approximate surface area is 116 Å². The fourth-order valence-corrected chi connectivity index (χ4v) is 1.69. The average Bonchev–Trinajstić information content (AvgIpc) is 2.34. The van der Waals surface area contributed by atoms with Crippen LogP contribution in [0.2, 0.25) is 0 Å². The third-order valence-electron chi connectivity index (χ3n) is 2.78. The average molecular weight is 274 g/mol. The standard InChI is InChI=1S/C12H23N5.ClH/c1-3-17(4-2)10-6-5-8-14-11-7-9-15-12(13)16-11;/h7,9H,3-6,8,10H2,1-2H3,(H3,13,14,15,16);1H. The van der Waals surface area contributed by atoms with Crippen molar-refractivity contribution in [3.63, 3.8) is 0 Å². The number of halogens is 1. The van der Waals surface area contributed by atoms with E-state index in [0.29, 0.717) is 5.95 Å². The van der Waals surface area contributed by atoms with Crippen LogP contribution in [0.25, 0.3) is 0 Å². The number of aromatic nitrogens is 2. The van der Waals surface area contributed by atoms with Crippen molar-refractivity contribution in [1.29, 1.82) is 0 Å². The maximum absolute atomic E-state index is 5.50. The summed E-state index contributed by atoms with van der Waals surface area (Å²) in [4.78, 5) is 10.4. The number of nitrogens with two attached hydrogens (primary N) is 1. The quantitative estimate of drug-likeness (QED) is 0.710. The molecule has 1 aromatic heterocycles. The normalized spacial score (nSPS) is 10.2. The fraction of sp³-hybridized carbons (Fsp3) is 0.667. The molecule has 1 rings (SSSR count). The first-order valence-electron chi connectivity index (χ1n) is 6.31. The van der Waals surface area contributed by atoms with Gasteiger partial charge in [0, 0.05) is 12.7 Å². The lowest BCUT2D eigenvalue weighted by Crippen LogP contribution is -2.24. The highest BCUT2D eigenvalue weighted by Crippen LogP contribution is 2.03. The van der Waals surface area contributed by atoms with Gasteiger partial charge in [-0.25, -0.2) is 4.98 Å². The van der Waals surface area contributed by atoms with Crippen molar-refractivity contribution in [3.8, 4) is 0 Å². The Hall–Kier alpha value is -1.07. The van der Waals surface area contributed by atoms with Crippen LogP contribution in [0.4, 0.5) is 11.8 Å². The summed E-state index contributed by atoms with van der Waals surface area (Å²) in [5.74, 6) is 1.12. The van der Waals surface area contributed by atoms with Crippen molar-refractivity contribution >= 4 is 24.2 Å². The summed E-state index contributed by atoms with van der Waals surface area (Å²) in [6.07, 6.45) is 4.01. The van der Waals surface area contributed by atoms with Crippen LogP contribution in [0.1, 0.15) is 26.7 Å². The fourth-order valence-electron chi connectivity index (χ4n) is 1.69. The van der Waals surface area contributed by atoms with Gasteiger partial charge in [-0.2, -0.15) is 4.98 Å². The van der Waals surface area contributed by atoms with Crippen LogP contribution in [-0.4, -0.2) is 41.0 Å². The molecule has 5 nitrogen and oxygen atoms in total. The van der Waals surface area contributed by atoms with Crippen molar-refractivity contribution in [2.75, 3.05) is 37.2 Å². The first-order valence-corrected chi connectivity index (χ1v) is 6.31. The second kappa shape index (κ2) is 9.91. The van der Waals surface area contributed by atoms with Gasteiger partial charge in [-0.3, -0.25) is 0 Å². The zero-order valence-corrected chi connectivity index (χ0v) is 12.0. The van der Waals surface area contributed by atoms with Gasteiger partial charge in [0.1, 0.15) is 5.82 Å². The maximum Gasteiger partial charge on any atom is 0.221 e. The van der Waals surface area contributed by atoms with Gasteiger partial charge in [0.2, 0.25) is 5.95 Å².